The van der Waals surface area contributed by atoms with Gasteiger partial charge in [-0.25, -0.2) is 0 Å². The van der Waals surface area contributed by atoms with Gasteiger partial charge in [0.25, 0.3) is 5.91 Å². The molecule has 0 N–H and O–H groups in total. The Morgan fingerprint density at radius 1 is 1.22 bits per heavy atom. The molecule has 0 bridgehead atoms. The van der Waals surface area contributed by atoms with Crippen molar-refractivity contribution >= 4 is 46.0 Å². The summed E-state index contributed by atoms with van der Waals surface area (Å²) in [5, 5.41) is 0. The number of thiocarbonyl (C=S) groups is 1. The van der Waals surface area contributed by atoms with Crippen molar-refractivity contribution in [1.29, 1.82) is 0 Å². The van der Waals surface area contributed by atoms with Gasteiger partial charge in [-0.2, -0.15) is 0 Å². The van der Waals surface area contributed by atoms with Crippen LogP contribution in [0.2, 0.25) is 0 Å². The molecular formula is C17H21N3OS2. The van der Waals surface area contributed by atoms with E-state index >= 15 is 0 Å². The van der Waals surface area contributed by atoms with Crippen molar-refractivity contribution in [3.05, 3.63) is 34.7 Å². The molecule has 23 heavy (non-hydrogen) atoms. The Labute approximate surface area is 147 Å². The summed E-state index contributed by atoms with van der Waals surface area (Å²) in [7, 11) is 4.02. The molecule has 0 radical (unpaired) electrons. The Morgan fingerprint density at radius 3 is 2.48 bits per heavy atom. The van der Waals surface area contributed by atoms with Crippen molar-refractivity contribution in [2.75, 3.05) is 38.8 Å². The normalized spacial score (nSPS) is 20.8. The predicted octanol–water partition coefficient (Wildman–Crippen LogP) is 3.01. The van der Waals surface area contributed by atoms with Crippen LogP contribution < -0.4 is 4.90 Å². The number of amides is 1. The zero-order valence-corrected chi connectivity index (χ0v) is 15.1. The summed E-state index contributed by atoms with van der Waals surface area (Å²) in [5.74, 6) is 0.0311. The molecule has 0 aliphatic carbocycles. The Kier molecular flexibility index (Phi) is 5.04. The highest BCUT2D eigenvalue weighted by atomic mass is 32.2. The maximum atomic E-state index is 12.6. The summed E-state index contributed by atoms with van der Waals surface area (Å²) < 4.78 is 0.665. The van der Waals surface area contributed by atoms with Crippen molar-refractivity contribution in [3.8, 4) is 0 Å². The summed E-state index contributed by atoms with van der Waals surface area (Å²) in [6, 6.07) is 8.17. The van der Waals surface area contributed by atoms with Gasteiger partial charge in [-0.05, 0) is 49.7 Å². The van der Waals surface area contributed by atoms with Crippen molar-refractivity contribution in [2.45, 2.75) is 12.8 Å². The molecule has 122 valence electrons. The molecule has 0 atom stereocenters. The average Bonchev–Trinajstić information content (AvgIpc) is 3.12. The first-order chi connectivity index (χ1) is 11.0. The Hall–Kier alpha value is -1.37. The first-order valence-corrected chi connectivity index (χ1v) is 9.02. The number of nitrogens with zero attached hydrogens (tertiary/aromatic N) is 3. The van der Waals surface area contributed by atoms with Crippen LogP contribution in [0, 0.1) is 0 Å². The number of rotatable bonds is 4. The molecule has 0 saturated carbocycles. The molecule has 2 aliphatic heterocycles. The molecule has 2 fully saturated rings. The van der Waals surface area contributed by atoms with Crippen molar-refractivity contribution in [2.24, 2.45) is 0 Å². The highest BCUT2D eigenvalue weighted by Gasteiger charge is 2.33. The zero-order chi connectivity index (χ0) is 16.4. The molecule has 1 aromatic rings. The maximum Gasteiger partial charge on any atom is 0.267 e. The number of benzene rings is 1. The first-order valence-electron chi connectivity index (χ1n) is 7.80. The second kappa shape index (κ2) is 7.03. The van der Waals surface area contributed by atoms with Crippen LogP contribution in [0.1, 0.15) is 18.4 Å². The van der Waals surface area contributed by atoms with E-state index < -0.39 is 0 Å². The number of likely N-dealkylation sites (tertiary alicyclic amines) is 1. The number of carbonyl (C=O) groups excluding carboxylic acids is 1. The van der Waals surface area contributed by atoms with Crippen LogP contribution in [0.15, 0.2) is 29.2 Å². The van der Waals surface area contributed by atoms with E-state index in [1.807, 2.05) is 32.3 Å². The lowest BCUT2D eigenvalue weighted by atomic mass is 10.2. The standard InChI is InChI=1S/C17H21N3OS2/c1-18(2)14-7-5-13(6-8-14)11-15-16(21)20(17(22)23-15)12-19-9-3-4-10-19/h5-8,11H,3-4,9-10,12H2,1-2H3. The molecule has 1 aromatic carbocycles. The molecule has 2 aliphatic rings. The van der Waals surface area contributed by atoms with E-state index in [0.29, 0.717) is 15.9 Å². The zero-order valence-electron chi connectivity index (χ0n) is 13.5. The number of carbonyl (C=O) groups is 1. The Balaban J connectivity index is 1.72. The van der Waals surface area contributed by atoms with Crippen LogP contribution in [0.25, 0.3) is 6.08 Å². The second-order valence-electron chi connectivity index (χ2n) is 6.06. The minimum absolute atomic E-state index is 0.0311. The van der Waals surface area contributed by atoms with Gasteiger partial charge in [0, 0.05) is 19.8 Å². The fourth-order valence-electron chi connectivity index (χ4n) is 2.77. The third-order valence-corrected chi connectivity index (χ3v) is 5.50. The van der Waals surface area contributed by atoms with Crippen LogP contribution >= 0.6 is 24.0 Å². The van der Waals surface area contributed by atoms with Crippen LogP contribution in [-0.2, 0) is 4.79 Å². The minimum Gasteiger partial charge on any atom is -0.378 e. The molecule has 0 spiro atoms. The highest BCUT2D eigenvalue weighted by Crippen LogP contribution is 2.33. The molecular weight excluding hydrogens is 326 g/mol. The molecule has 6 heteroatoms. The fraction of sp³-hybridized carbons (Fsp3) is 0.412. The second-order valence-corrected chi connectivity index (χ2v) is 7.74. The van der Waals surface area contributed by atoms with E-state index in [-0.39, 0.29) is 5.91 Å². The number of anilines is 1. The van der Waals surface area contributed by atoms with E-state index in [9.17, 15) is 4.79 Å². The molecule has 0 aromatic heterocycles. The summed E-state index contributed by atoms with van der Waals surface area (Å²) in [6.45, 7) is 2.74. The molecule has 4 nitrogen and oxygen atoms in total. The van der Waals surface area contributed by atoms with Gasteiger partial charge in [0.05, 0.1) is 11.6 Å². The summed E-state index contributed by atoms with van der Waals surface area (Å²) in [4.78, 5) is 19.4. The van der Waals surface area contributed by atoms with Gasteiger partial charge in [-0.1, -0.05) is 36.1 Å². The van der Waals surface area contributed by atoms with Crippen LogP contribution in [0.3, 0.4) is 0 Å². The van der Waals surface area contributed by atoms with E-state index in [2.05, 4.69) is 21.9 Å². The van der Waals surface area contributed by atoms with Gasteiger partial charge in [-0.3, -0.25) is 14.6 Å². The predicted molar refractivity (Wildman–Crippen MR) is 101 cm³/mol. The maximum absolute atomic E-state index is 12.6. The average molecular weight is 348 g/mol. The van der Waals surface area contributed by atoms with E-state index in [1.54, 1.807) is 4.90 Å². The molecule has 3 rings (SSSR count). The third kappa shape index (κ3) is 3.76. The SMILES string of the molecule is CN(C)c1ccc(C=C2SC(=S)N(CN3CCCC3)C2=O)cc1. The largest absolute Gasteiger partial charge is 0.378 e. The van der Waals surface area contributed by atoms with Crippen LogP contribution in [0.5, 0.6) is 0 Å². The van der Waals surface area contributed by atoms with Crippen molar-refractivity contribution < 1.29 is 4.79 Å². The van der Waals surface area contributed by atoms with Gasteiger partial charge in [-0.15, -0.1) is 0 Å². The van der Waals surface area contributed by atoms with Crippen LogP contribution in [-0.4, -0.2) is 53.9 Å². The molecule has 0 unspecified atom stereocenters. The van der Waals surface area contributed by atoms with E-state index in [0.717, 1.165) is 24.3 Å². The summed E-state index contributed by atoms with van der Waals surface area (Å²) >= 11 is 6.80. The smallest absolute Gasteiger partial charge is 0.267 e. The number of hydrogen-bond donors (Lipinski definition) is 0. The van der Waals surface area contributed by atoms with E-state index in [4.69, 9.17) is 12.2 Å². The molecule has 2 heterocycles. The lowest BCUT2D eigenvalue weighted by molar-refractivity contribution is -0.123. The summed E-state index contributed by atoms with van der Waals surface area (Å²) in [5.41, 5.74) is 2.17. The summed E-state index contributed by atoms with van der Waals surface area (Å²) in [6.07, 6.45) is 4.36. The quantitative estimate of drug-likeness (QED) is 0.616. The molecule has 2 saturated heterocycles. The van der Waals surface area contributed by atoms with Gasteiger partial charge in [0.2, 0.25) is 0 Å². The van der Waals surface area contributed by atoms with Crippen LogP contribution in [0.4, 0.5) is 5.69 Å². The third-order valence-electron chi connectivity index (χ3n) is 4.12. The topological polar surface area (TPSA) is 26.8 Å². The first kappa shape index (κ1) is 16.5. The number of thioether (sulfide) groups is 1. The van der Waals surface area contributed by atoms with Gasteiger partial charge in [0.1, 0.15) is 4.32 Å². The number of hydrogen-bond acceptors (Lipinski definition) is 5. The Morgan fingerprint density at radius 2 is 1.87 bits per heavy atom. The fourth-order valence-corrected chi connectivity index (χ4v) is 4.01. The Bertz CT molecular complexity index is 634. The minimum atomic E-state index is 0.0311. The molecule has 1 amide bonds. The van der Waals surface area contributed by atoms with Gasteiger partial charge < -0.3 is 4.90 Å². The van der Waals surface area contributed by atoms with E-state index in [1.165, 1.54) is 24.6 Å². The lowest BCUT2D eigenvalue weighted by Gasteiger charge is -2.22. The van der Waals surface area contributed by atoms with Crippen molar-refractivity contribution in [1.82, 2.24) is 9.80 Å². The lowest BCUT2D eigenvalue weighted by Crippen LogP contribution is -2.38. The monoisotopic (exact) mass is 347 g/mol. The van der Waals surface area contributed by atoms with Gasteiger partial charge in [0.15, 0.2) is 0 Å². The van der Waals surface area contributed by atoms with Crippen molar-refractivity contribution in [3.63, 3.8) is 0 Å². The highest BCUT2D eigenvalue weighted by molar-refractivity contribution is 8.26. The van der Waals surface area contributed by atoms with Gasteiger partial charge >= 0.3 is 0 Å².